The number of Topliss-reactive ketones (excluding diaryl/α,β-unsaturated/α-hetero) is 2. The molecule has 0 spiro atoms. The summed E-state index contributed by atoms with van der Waals surface area (Å²) >= 11 is 0. The van der Waals surface area contributed by atoms with E-state index in [1.54, 1.807) is 19.2 Å². The maximum absolute atomic E-state index is 13.1. The van der Waals surface area contributed by atoms with Crippen LogP contribution in [-0.4, -0.2) is 43.2 Å². The average Bonchev–Trinajstić information content (AvgIpc) is 2.67. The van der Waals surface area contributed by atoms with Gasteiger partial charge in [-0.2, -0.15) is 5.06 Å². The molecule has 0 bridgehead atoms. The number of ketones is 2. The molecule has 0 aromatic heterocycles. The summed E-state index contributed by atoms with van der Waals surface area (Å²) in [5.74, 6) is -1.23. The standard InChI is InChI=1S/C22H24N2O4/c1-24(28-2)11-15-9-14-8-13-7-12-5-3-4-6-16(12)20(25)17(13)10-18(14)21(26)19(15)22(23)27/h3-6,10,13-14,18H,7-9,11H2,1-2H3,(H2,23,27). The summed E-state index contributed by atoms with van der Waals surface area (Å²) in [5, 5.41) is 1.58. The van der Waals surface area contributed by atoms with E-state index in [1.165, 1.54) is 0 Å². The summed E-state index contributed by atoms with van der Waals surface area (Å²) < 4.78 is 0. The Kier molecular flexibility index (Phi) is 4.77. The molecule has 0 saturated heterocycles. The SMILES string of the molecule is CON(C)CC1=C(C(N)=O)C(=O)C2C=C3C(=O)c4ccccc4CC3CC2C1. The van der Waals surface area contributed by atoms with E-state index >= 15 is 0 Å². The fourth-order valence-corrected chi connectivity index (χ4v) is 4.93. The van der Waals surface area contributed by atoms with Gasteiger partial charge in [0.25, 0.3) is 5.91 Å². The molecule has 0 saturated carbocycles. The van der Waals surface area contributed by atoms with Crippen molar-refractivity contribution in [2.45, 2.75) is 19.3 Å². The lowest BCUT2D eigenvalue weighted by atomic mass is 9.62. The molecule has 2 N–H and O–H groups in total. The lowest BCUT2D eigenvalue weighted by Crippen LogP contribution is -2.42. The Morgan fingerprint density at radius 2 is 2.00 bits per heavy atom. The van der Waals surface area contributed by atoms with Gasteiger partial charge in [0.05, 0.1) is 12.7 Å². The molecule has 3 unspecified atom stereocenters. The number of carbonyl (C=O) groups excluding carboxylic acids is 3. The molecule has 1 amide bonds. The van der Waals surface area contributed by atoms with Crippen LogP contribution in [0.5, 0.6) is 0 Å². The second-order valence-electron chi connectivity index (χ2n) is 7.91. The zero-order valence-corrected chi connectivity index (χ0v) is 16.1. The number of amides is 1. The third-order valence-corrected chi connectivity index (χ3v) is 6.27. The van der Waals surface area contributed by atoms with E-state index in [0.29, 0.717) is 13.0 Å². The number of likely N-dealkylation sites (N-methyl/N-ethyl adjacent to an activating group) is 1. The Morgan fingerprint density at radius 3 is 2.71 bits per heavy atom. The number of rotatable bonds is 4. The van der Waals surface area contributed by atoms with Crippen LogP contribution in [0.3, 0.4) is 0 Å². The molecule has 0 fully saturated rings. The van der Waals surface area contributed by atoms with Crippen LogP contribution >= 0.6 is 0 Å². The predicted octanol–water partition coefficient (Wildman–Crippen LogP) is 1.85. The van der Waals surface area contributed by atoms with Gasteiger partial charge in [-0.25, -0.2) is 0 Å². The predicted molar refractivity (Wildman–Crippen MR) is 103 cm³/mol. The molecule has 6 nitrogen and oxygen atoms in total. The van der Waals surface area contributed by atoms with Crippen molar-refractivity contribution in [3.05, 3.63) is 58.2 Å². The molecule has 1 aromatic carbocycles. The minimum atomic E-state index is -0.705. The van der Waals surface area contributed by atoms with Crippen LogP contribution in [0.25, 0.3) is 0 Å². The van der Waals surface area contributed by atoms with Crippen molar-refractivity contribution in [1.82, 2.24) is 5.06 Å². The van der Waals surface area contributed by atoms with Crippen molar-refractivity contribution in [1.29, 1.82) is 0 Å². The van der Waals surface area contributed by atoms with Gasteiger partial charge in [-0.05, 0) is 42.2 Å². The molecule has 1 aromatic rings. The van der Waals surface area contributed by atoms with Crippen molar-refractivity contribution in [3.8, 4) is 0 Å². The number of hydroxylamine groups is 2. The molecule has 0 radical (unpaired) electrons. The Labute approximate surface area is 164 Å². The first-order valence-corrected chi connectivity index (χ1v) is 9.56. The van der Waals surface area contributed by atoms with Gasteiger partial charge < -0.3 is 10.6 Å². The van der Waals surface area contributed by atoms with E-state index in [2.05, 4.69) is 0 Å². The molecule has 0 heterocycles. The van der Waals surface area contributed by atoms with Crippen molar-refractivity contribution < 1.29 is 19.2 Å². The van der Waals surface area contributed by atoms with Crippen LogP contribution in [0.4, 0.5) is 0 Å². The van der Waals surface area contributed by atoms with Crippen LogP contribution in [0.15, 0.2) is 47.1 Å². The molecule has 146 valence electrons. The first kappa shape index (κ1) is 18.8. The fourth-order valence-electron chi connectivity index (χ4n) is 4.93. The monoisotopic (exact) mass is 380 g/mol. The first-order valence-electron chi connectivity index (χ1n) is 9.56. The van der Waals surface area contributed by atoms with Crippen LogP contribution in [0.2, 0.25) is 0 Å². The summed E-state index contributed by atoms with van der Waals surface area (Å²) in [6.45, 7) is 0.354. The van der Waals surface area contributed by atoms with E-state index < -0.39 is 11.8 Å². The van der Waals surface area contributed by atoms with Gasteiger partial charge in [0.1, 0.15) is 0 Å². The van der Waals surface area contributed by atoms with Gasteiger partial charge in [-0.1, -0.05) is 30.3 Å². The lowest BCUT2D eigenvalue weighted by molar-refractivity contribution is -0.125. The number of nitrogens with two attached hydrogens (primary N) is 1. The molecule has 6 heteroatoms. The Hall–Kier alpha value is -2.57. The van der Waals surface area contributed by atoms with E-state index in [9.17, 15) is 14.4 Å². The van der Waals surface area contributed by atoms with Crippen LogP contribution < -0.4 is 5.73 Å². The van der Waals surface area contributed by atoms with Crippen molar-refractivity contribution in [2.24, 2.45) is 23.5 Å². The third-order valence-electron chi connectivity index (χ3n) is 6.27. The van der Waals surface area contributed by atoms with E-state index in [1.807, 2.05) is 30.3 Å². The number of primary amides is 1. The number of fused-ring (bicyclic) bond motifs is 3. The van der Waals surface area contributed by atoms with Gasteiger partial charge in [0, 0.05) is 30.6 Å². The van der Waals surface area contributed by atoms with Gasteiger partial charge in [0.15, 0.2) is 11.6 Å². The molecular weight excluding hydrogens is 356 g/mol. The summed E-state index contributed by atoms with van der Waals surface area (Å²) in [6.07, 6.45) is 4.00. The smallest absolute Gasteiger partial charge is 0.252 e. The lowest BCUT2D eigenvalue weighted by Gasteiger charge is -2.40. The zero-order chi connectivity index (χ0) is 20.0. The highest BCUT2D eigenvalue weighted by Gasteiger charge is 2.44. The summed E-state index contributed by atoms with van der Waals surface area (Å²) in [4.78, 5) is 43.3. The van der Waals surface area contributed by atoms with Gasteiger partial charge in [-0.15, -0.1) is 0 Å². The number of allylic oxidation sites excluding steroid dienone is 2. The highest BCUT2D eigenvalue weighted by atomic mass is 16.7. The van der Waals surface area contributed by atoms with Gasteiger partial charge in [-0.3, -0.25) is 14.4 Å². The molecule has 3 aliphatic carbocycles. The van der Waals surface area contributed by atoms with Gasteiger partial charge in [0.2, 0.25) is 0 Å². The zero-order valence-electron chi connectivity index (χ0n) is 16.1. The van der Waals surface area contributed by atoms with Crippen LogP contribution in [-0.2, 0) is 20.8 Å². The Balaban J connectivity index is 1.72. The first-order chi connectivity index (χ1) is 13.4. The quantitative estimate of drug-likeness (QED) is 0.636. The van der Waals surface area contributed by atoms with E-state index in [0.717, 1.165) is 35.1 Å². The second kappa shape index (κ2) is 7.11. The normalized spacial score (nSPS) is 26.5. The van der Waals surface area contributed by atoms with E-state index in [-0.39, 0.29) is 29.0 Å². The summed E-state index contributed by atoms with van der Waals surface area (Å²) in [6, 6.07) is 7.67. The van der Waals surface area contributed by atoms with Gasteiger partial charge >= 0.3 is 0 Å². The molecule has 3 aliphatic rings. The van der Waals surface area contributed by atoms with Crippen molar-refractivity contribution in [2.75, 3.05) is 20.7 Å². The molecule has 4 rings (SSSR count). The molecular formula is C22H24N2O4. The fraction of sp³-hybridized carbons (Fsp3) is 0.409. The number of hydrogen-bond donors (Lipinski definition) is 1. The molecule has 28 heavy (non-hydrogen) atoms. The molecule has 3 atom stereocenters. The van der Waals surface area contributed by atoms with Crippen molar-refractivity contribution in [3.63, 3.8) is 0 Å². The number of carbonyl (C=O) groups is 3. The van der Waals surface area contributed by atoms with Crippen LogP contribution in [0, 0.1) is 17.8 Å². The Bertz CT molecular complexity index is 930. The van der Waals surface area contributed by atoms with Crippen molar-refractivity contribution >= 4 is 17.5 Å². The Morgan fingerprint density at radius 1 is 1.25 bits per heavy atom. The van der Waals surface area contributed by atoms with E-state index in [4.69, 9.17) is 10.6 Å². The highest BCUT2D eigenvalue weighted by molar-refractivity contribution is 6.22. The number of hydrogen-bond acceptors (Lipinski definition) is 5. The topological polar surface area (TPSA) is 89.7 Å². The minimum absolute atomic E-state index is 0.00705. The largest absolute Gasteiger partial charge is 0.365 e. The number of nitrogens with zero attached hydrogens (tertiary/aromatic N) is 1. The average molecular weight is 380 g/mol. The van der Waals surface area contributed by atoms with Crippen LogP contribution in [0.1, 0.15) is 28.8 Å². The minimum Gasteiger partial charge on any atom is -0.365 e. The highest BCUT2D eigenvalue weighted by Crippen LogP contribution is 2.46. The summed E-state index contributed by atoms with van der Waals surface area (Å²) in [5.41, 5.74) is 8.85. The maximum atomic E-state index is 13.1. The third kappa shape index (κ3) is 3.02. The summed E-state index contributed by atoms with van der Waals surface area (Å²) in [7, 11) is 3.29. The molecule has 0 aliphatic heterocycles. The number of benzene rings is 1. The second-order valence-corrected chi connectivity index (χ2v) is 7.91. The maximum Gasteiger partial charge on any atom is 0.252 e.